The van der Waals surface area contributed by atoms with Crippen LogP contribution in [-0.4, -0.2) is 50.4 Å². The Balaban J connectivity index is 1.66. The molecule has 1 aliphatic heterocycles. The monoisotopic (exact) mass is 478 g/mol. The lowest BCUT2D eigenvalue weighted by atomic mass is 10.0. The van der Waals surface area contributed by atoms with Crippen LogP contribution < -0.4 is 15.5 Å². The molecule has 35 heavy (non-hydrogen) atoms. The van der Waals surface area contributed by atoms with Crippen LogP contribution in [0.5, 0.6) is 0 Å². The highest BCUT2D eigenvalue weighted by molar-refractivity contribution is 5.95. The molecule has 2 N–H and O–H groups in total. The standard InChI is InChI=1S/C26H27FN4O4/c1-4-18(11-12-28-3)14-30-25(33)20-7-5-19(6-8-20)23-10-9-21(13-24(23)27)31-16-22(35-26(31)34)15-29-17(2)32/h4-13,22H,3,14-16H2,1-2H3,(H,29,32)(H,30,33)/b12-11-,18-4+/t22-/m0/s1. The van der Waals surface area contributed by atoms with Crippen LogP contribution >= 0.6 is 0 Å². The molecule has 9 heteroatoms. The number of halogens is 1. The highest BCUT2D eigenvalue weighted by atomic mass is 19.1. The summed E-state index contributed by atoms with van der Waals surface area (Å²) in [6.45, 7) is 7.35. The molecule has 1 aliphatic rings. The Labute approximate surface area is 203 Å². The predicted octanol–water partition coefficient (Wildman–Crippen LogP) is 3.84. The maximum atomic E-state index is 14.9. The van der Waals surface area contributed by atoms with Crippen molar-refractivity contribution in [2.24, 2.45) is 4.99 Å². The first-order chi connectivity index (χ1) is 16.8. The van der Waals surface area contributed by atoms with Gasteiger partial charge >= 0.3 is 6.09 Å². The molecule has 0 unspecified atom stereocenters. The summed E-state index contributed by atoms with van der Waals surface area (Å²) in [6, 6.07) is 11.1. The Kier molecular flexibility index (Phi) is 8.50. The van der Waals surface area contributed by atoms with Crippen molar-refractivity contribution in [2.75, 3.05) is 24.5 Å². The number of nitrogens with one attached hydrogen (secondary N) is 2. The Morgan fingerprint density at radius 1 is 1.23 bits per heavy atom. The van der Waals surface area contributed by atoms with Crippen LogP contribution in [0.3, 0.4) is 0 Å². The summed E-state index contributed by atoms with van der Waals surface area (Å²) in [5, 5.41) is 5.43. The minimum Gasteiger partial charge on any atom is -0.442 e. The van der Waals surface area contributed by atoms with Gasteiger partial charge in [0.05, 0.1) is 18.8 Å². The van der Waals surface area contributed by atoms with Crippen molar-refractivity contribution in [3.63, 3.8) is 0 Å². The summed E-state index contributed by atoms with van der Waals surface area (Å²) >= 11 is 0. The number of amides is 3. The molecule has 182 valence electrons. The molecule has 0 aliphatic carbocycles. The van der Waals surface area contributed by atoms with E-state index in [0.717, 1.165) is 5.57 Å². The van der Waals surface area contributed by atoms with Crippen LogP contribution in [0.4, 0.5) is 14.9 Å². The molecule has 3 amide bonds. The lowest BCUT2D eigenvalue weighted by Crippen LogP contribution is -2.33. The number of carbonyl (C=O) groups excluding carboxylic acids is 3. The molecule has 1 atom stereocenters. The third kappa shape index (κ3) is 6.63. The number of cyclic esters (lactones) is 1. The van der Waals surface area contributed by atoms with Crippen molar-refractivity contribution < 1.29 is 23.5 Å². The average molecular weight is 479 g/mol. The van der Waals surface area contributed by atoms with Gasteiger partial charge in [-0.3, -0.25) is 19.5 Å². The molecular formula is C26H27FN4O4. The van der Waals surface area contributed by atoms with E-state index in [0.29, 0.717) is 28.9 Å². The van der Waals surface area contributed by atoms with E-state index in [1.165, 1.54) is 17.9 Å². The van der Waals surface area contributed by atoms with Gasteiger partial charge < -0.3 is 15.4 Å². The molecule has 1 fully saturated rings. The fourth-order valence-corrected chi connectivity index (χ4v) is 3.49. The van der Waals surface area contributed by atoms with E-state index in [4.69, 9.17) is 4.74 Å². The molecule has 8 nitrogen and oxygen atoms in total. The predicted molar refractivity (Wildman–Crippen MR) is 133 cm³/mol. The Morgan fingerprint density at radius 2 is 1.97 bits per heavy atom. The van der Waals surface area contributed by atoms with Gasteiger partial charge in [0.2, 0.25) is 5.91 Å². The maximum absolute atomic E-state index is 14.9. The number of rotatable bonds is 9. The van der Waals surface area contributed by atoms with E-state index >= 15 is 0 Å². The Morgan fingerprint density at radius 3 is 2.60 bits per heavy atom. The van der Waals surface area contributed by atoms with Gasteiger partial charge in [0, 0.05) is 30.8 Å². The second-order valence-corrected chi connectivity index (χ2v) is 7.84. The van der Waals surface area contributed by atoms with E-state index in [-0.39, 0.29) is 24.9 Å². The largest absolute Gasteiger partial charge is 0.442 e. The number of nitrogens with zero attached hydrogens (tertiary/aromatic N) is 2. The molecule has 0 spiro atoms. The van der Waals surface area contributed by atoms with E-state index in [2.05, 4.69) is 22.3 Å². The summed E-state index contributed by atoms with van der Waals surface area (Å²) in [5.41, 5.74) is 2.61. The van der Waals surface area contributed by atoms with Crippen LogP contribution in [0.15, 0.2) is 71.4 Å². The smallest absolute Gasteiger partial charge is 0.414 e. The van der Waals surface area contributed by atoms with Crippen molar-refractivity contribution >= 4 is 30.3 Å². The van der Waals surface area contributed by atoms with Crippen molar-refractivity contribution in [1.82, 2.24) is 10.6 Å². The summed E-state index contributed by atoms with van der Waals surface area (Å²) in [4.78, 5) is 40.7. The number of allylic oxidation sites excluding steroid dienone is 1. The second-order valence-electron chi connectivity index (χ2n) is 7.84. The third-order valence-electron chi connectivity index (χ3n) is 5.39. The number of benzene rings is 2. The van der Waals surface area contributed by atoms with Crippen LogP contribution in [-0.2, 0) is 9.53 Å². The first-order valence-corrected chi connectivity index (χ1v) is 11.0. The van der Waals surface area contributed by atoms with Crippen LogP contribution in [0.2, 0.25) is 0 Å². The summed E-state index contributed by atoms with van der Waals surface area (Å²) < 4.78 is 20.2. The summed E-state index contributed by atoms with van der Waals surface area (Å²) in [6.07, 6.45) is 4.06. The van der Waals surface area contributed by atoms with Crippen LogP contribution in [0, 0.1) is 5.82 Å². The molecule has 0 bridgehead atoms. The Hall–Kier alpha value is -4.27. The third-order valence-corrected chi connectivity index (χ3v) is 5.39. The molecule has 0 saturated carbocycles. The van der Waals surface area contributed by atoms with Crippen molar-refractivity contribution in [1.29, 1.82) is 0 Å². The highest BCUT2D eigenvalue weighted by Gasteiger charge is 2.32. The molecule has 1 saturated heterocycles. The van der Waals surface area contributed by atoms with Gasteiger partial charge in [0.1, 0.15) is 11.9 Å². The van der Waals surface area contributed by atoms with Crippen molar-refractivity contribution in [2.45, 2.75) is 20.0 Å². The number of aliphatic imine (C=N–C) groups is 1. The zero-order chi connectivity index (χ0) is 25.4. The molecule has 3 rings (SSSR count). The zero-order valence-corrected chi connectivity index (χ0v) is 19.6. The van der Waals surface area contributed by atoms with E-state index in [1.54, 1.807) is 48.7 Å². The first-order valence-electron chi connectivity index (χ1n) is 11.0. The first kappa shape index (κ1) is 25.4. The van der Waals surface area contributed by atoms with Gasteiger partial charge in [-0.2, -0.15) is 0 Å². The molecule has 1 heterocycles. The van der Waals surface area contributed by atoms with Crippen molar-refractivity contribution in [3.05, 3.63) is 77.8 Å². The SMILES string of the molecule is C=N/C=C\C(=C/C)CNC(=O)c1ccc(-c2ccc(N3C[C@H](CNC(C)=O)OC3=O)cc2F)cc1. The number of hydrogen-bond acceptors (Lipinski definition) is 5. The summed E-state index contributed by atoms with van der Waals surface area (Å²) in [7, 11) is 0. The lowest BCUT2D eigenvalue weighted by Gasteiger charge is -2.15. The van der Waals surface area contributed by atoms with E-state index in [9.17, 15) is 18.8 Å². The average Bonchev–Trinajstić information content (AvgIpc) is 3.23. The van der Waals surface area contributed by atoms with Crippen LogP contribution in [0.25, 0.3) is 11.1 Å². The van der Waals surface area contributed by atoms with Gasteiger partial charge in [-0.25, -0.2) is 9.18 Å². The topological polar surface area (TPSA) is 100 Å². The quantitative estimate of drug-likeness (QED) is 0.422. The minimum absolute atomic E-state index is 0.191. The Bertz CT molecular complexity index is 1170. The fraction of sp³-hybridized carbons (Fsp3) is 0.231. The second kappa shape index (κ2) is 11.7. The van der Waals surface area contributed by atoms with Gasteiger partial charge in [-0.15, -0.1) is 0 Å². The molecule has 0 radical (unpaired) electrons. The number of anilines is 1. The normalized spacial score (nSPS) is 15.7. The van der Waals surface area contributed by atoms with Crippen LogP contribution in [0.1, 0.15) is 24.2 Å². The molecule has 0 aromatic heterocycles. The molecule has 2 aromatic rings. The van der Waals surface area contributed by atoms with Gasteiger partial charge in [-0.1, -0.05) is 18.2 Å². The van der Waals surface area contributed by atoms with Gasteiger partial charge in [-0.05, 0) is 61.2 Å². The van der Waals surface area contributed by atoms with Crippen molar-refractivity contribution in [3.8, 4) is 11.1 Å². The van der Waals surface area contributed by atoms with E-state index < -0.39 is 18.0 Å². The highest BCUT2D eigenvalue weighted by Crippen LogP contribution is 2.29. The number of hydrogen-bond donors (Lipinski definition) is 2. The fourth-order valence-electron chi connectivity index (χ4n) is 3.49. The van der Waals surface area contributed by atoms with E-state index in [1.807, 2.05) is 13.0 Å². The molecule has 2 aromatic carbocycles. The molecular weight excluding hydrogens is 451 g/mol. The maximum Gasteiger partial charge on any atom is 0.414 e. The lowest BCUT2D eigenvalue weighted by molar-refractivity contribution is -0.119. The zero-order valence-electron chi connectivity index (χ0n) is 19.6. The summed E-state index contributed by atoms with van der Waals surface area (Å²) in [5.74, 6) is -0.995. The van der Waals surface area contributed by atoms with Gasteiger partial charge in [0.25, 0.3) is 5.91 Å². The van der Waals surface area contributed by atoms with Gasteiger partial charge in [0.15, 0.2) is 0 Å². The number of carbonyl (C=O) groups is 3. The minimum atomic E-state index is -0.597. The number of ether oxygens (including phenoxy) is 1.